The molecule has 0 radical (unpaired) electrons. The number of aliphatic hydroxyl groups excluding tert-OH is 2. The first-order valence-electron chi connectivity index (χ1n) is 9.71. The van der Waals surface area contributed by atoms with Gasteiger partial charge in [0.25, 0.3) is 0 Å². The van der Waals surface area contributed by atoms with Crippen molar-refractivity contribution >= 4 is 11.6 Å². The molecule has 164 valence electrons. The quantitative estimate of drug-likeness (QED) is 0.258. The van der Waals surface area contributed by atoms with Crippen LogP contribution in [0.15, 0.2) is 11.0 Å². The summed E-state index contributed by atoms with van der Waals surface area (Å²) in [7, 11) is 0. The van der Waals surface area contributed by atoms with Gasteiger partial charge in [0.1, 0.15) is 30.2 Å². The summed E-state index contributed by atoms with van der Waals surface area (Å²) in [6.07, 6.45) is -1.50. The van der Waals surface area contributed by atoms with E-state index in [2.05, 4.69) is 4.98 Å². The molecule has 0 aromatic carbocycles. The number of hydrogen-bond acceptors (Lipinski definition) is 10. The van der Waals surface area contributed by atoms with Crippen LogP contribution in [-0.4, -0.2) is 69.7 Å². The topological polar surface area (TPSA) is 189 Å². The number of rotatable bonds is 11. The Bertz CT molecular complexity index is 742. The molecular formula is C18H31N5O6. The number of aromatic nitrogens is 2. The number of aryl methyl sites for hydroxylation is 1. The molecule has 11 heteroatoms. The van der Waals surface area contributed by atoms with Crippen molar-refractivity contribution in [2.75, 3.05) is 25.4 Å². The molecule has 2 heterocycles. The molecule has 5 atom stereocenters. The number of anilines is 1. The van der Waals surface area contributed by atoms with Gasteiger partial charge in [0.15, 0.2) is 12.0 Å². The van der Waals surface area contributed by atoms with E-state index in [9.17, 15) is 19.8 Å². The van der Waals surface area contributed by atoms with Crippen molar-refractivity contribution in [3.63, 3.8) is 0 Å². The van der Waals surface area contributed by atoms with Crippen molar-refractivity contribution in [1.82, 2.24) is 9.55 Å². The van der Waals surface area contributed by atoms with E-state index in [-0.39, 0.29) is 24.8 Å². The molecular weight excluding hydrogens is 382 g/mol. The average molecular weight is 413 g/mol. The van der Waals surface area contributed by atoms with E-state index >= 15 is 0 Å². The van der Waals surface area contributed by atoms with Gasteiger partial charge < -0.3 is 36.9 Å². The summed E-state index contributed by atoms with van der Waals surface area (Å²) in [4.78, 5) is 28.0. The molecule has 11 nitrogen and oxygen atoms in total. The lowest BCUT2D eigenvalue weighted by Crippen LogP contribution is -2.39. The summed E-state index contributed by atoms with van der Waals surface area (Å²) in [5.41, 5.74) is 16.5. The van der Waals surface area contributed by atoms with Crippen molar-refractivity contribution in [3.8, 4) is 0 Å². The Labute approximate surface area is 168 Å². The molecule has 1 aromatic rings. The second-order valence-electron chi connectivity index (χ2n) is 7.17. The van der Waals surface area contributed by atoms with Crippen molar-refractivity contribution in [3.05, 3.63) is 22.2 Å². The van der Waals surface area contributed by atoms with Crippen LogP contribution in [0.5, 0.6) is 0 Å². The van der Waals surface area contributed by atoms with Gasteiger partial charge in [-0.2, -0.15) is 4.98 Å². The number of aliphatic hydroxyl groups is 2. The number of Topliss-reactive ketones (excluding diaryl/α,β-unsaturated/α-hetero) is 1. The summed E-state index contributed by atoms with van der Waals surface area (Å²) >= 11 is 0. The first kappa shape index (κ1) is 23.4. The Morgan fingerprint density at radius 3 is 2.69 bits per heavy atom. The number of ketones is 1. The largest absolute Gasteiger partial charge is 0.387 e. The van der Waals surface area contributed by atoms with Crippen LogP contribution in [-0.2, 0) is 14.3 Å². The molecule has 1 unspecified atom stereocenters. The van der Waals surface area contributed by atoms with Gasteiger partial charge in [-0.1, -0.05) is 6.42 Å². The number of nitrogens with two attached hydrogens (primary N) is 3. The van der Waals surface area contributed by atoms with Gasteiger partial charge in [-0.15, -0.1) is 0 Å². The second-order valence-corrected chi connectivity index (χ2v) is 7.17. The third-order valence-electron chi connectivity index (χ3n) is 4.95. The Kier molecular flexibility index (Phi) is 8.68. The molecule has 0 amide bonds. The SMILES string of the molecule is Cc1cn([C@@H]2O[C@H](COC(CN)C(=O)CCCCCN)[C@@H](O)[C@H]2O)c(=O)nc1N. The number of hydrogen-bond donors (Lipinski definition) is 5. The van der Waals surface area contributed by atoms with Gasteiger partial charge in [0.05, 0.1) is 6.61 Å². The predicted octanol–water partition coefficient (Wildman–Crippen LogP) is -1.81. The second kappa shape index (κ2) is 10.8. The smallest absolute Gasteiger partial charge is 0.351 e. The third kappa shape index (κ3) is 5.81. The molecule has 1 saturated heterocycles. The van der Waals surface area contributed by atoms with Gasteiger partial charge in [0, 0.05) is 24.7 Å². The van der Waals surface area contributed by atoms with Crippen LogP contribution in [0.3, 0.4) is 0 Å². The standard InChI is InChI=1S/C18H31N5O6/c1-10-8-23(18(27)22-16(10)21)17-15(26)14(25)13(29-17)9-28-12(7-20)11(24)5-3-2-4-6-19/h8,12-15,17,25-26H,2-7,9,19-20H2,1H3,(H2,21,22,27)/t12?,13-,14-,15-,17-/m1/s1. The number of nitrogen functional groups attached to an aromatic ring is 1. The van der Waals surface area contributed by atoms with Crippen LogP contribution >= 0.6 is 0 Å². The highest BCUT2D eigenvalue weighted by Gasteiger charge is 2.44. The van der Waals surface area contributed by atoms with Gasteiger partial charge in [-0.25, -0.2) is 4.79 Å². The minimum atomic E-state index is -1.38. The first-order chi connectivity index (χ1) is 13.8. The molecule has 29 heavy (non-hydrogen) atoms. The monoisotopic (exact) mass is 413 g/mol. The fourth-order valence-corrected chi connectivity index (χ4v) is 3.14. The van der Waals surface area contributed by atoms with Crippen LogP contribution in [0.25, 0.3) is 0 Å². The highest BCUT2D eigenvalue weighted by atomic mass is 16.6. The normalized spacial score (nSPS) is 25.3. The van der Waals surface area contributed by atoms with E-state index in [1.165, 1.54) is 6.20 Å². The van der Waals surface area contributed by atoms with Crippen LogP contribution in [0.1, 0.15) is 37.5 Å². The third-order valence-corrected chi connectivity index (χ3v) is 4.95. The zero-order valence-electron chi connectivity index (χ0n) is 16.6. The summed E-state index contributed by atoms with van der Waals surface area (Å²) in [5, 5.41) is 20.6. The molecule has 1 aliphatic heterocycles. The van der Waals surface area contributed by atoms with Crippen molar-refractivity contribution < 1.29 is 24.5 Å². The summed E-state index contributed by atoms with van der Waals surface area (Å²) in [6, 6.07) is 0. The molecule has 0 saturated carbocycles. The number of carbonyl (C=O) groups excluding carboxylic acids is 1. The van der Waals surface area contributed by atoms with Crippen molar-refractivity contribution in [1.29, 1.82) is 0 Å². The lowest BCUT2D eigenvalue weighted by molar-refractivity contribution is -0.135. The molecule has 0 spiro atoms. The minimum absolute atomic E-state index is 0.00887. The Balaban J connectivity index is 1.97. The lowest BCUT2D eigenvalue weighted by atomic mass is 10.1. The van der Waals surface area contributed by atoms with E-state index in [4.69, 9.17) is 26.7 Å². The van der Waals surface area contributed by atoms with Gasteiger partial charge >= 0.3 is 5.69 Å². The highest BCUT2D eigenvalue weighted by molar-refractivity contribution is 5.83. The average Bonchev–Trinajstić information content (AvgIpc) is 2.97. The summed E-state index contributed by atoms with van der Waals surface area (Å²) in [5.74, 6) is -0.0568. The van der Waals surface area contributed by atoms with Crippen LogP contribution in [0.4, 0.5) is 5.82 Å². The highest BCUT2D eigenvalue weighted by Crippen LogP contribution is 2.29. The maximum atomic E-state index is 12.2. The molecule has 0 bridgehead atoms. The van der Waals surface area contributed by atoms with Gasteiger partial charge in [0.2, 0.25) is 0 Å². The lowest BCUT2D eigenvalue weighted by Gasteiger charge is -2.20. The van der Waals surface area contributed by atoms with Crippen LogP contribution < -0.4 is 22.9 Å². The maximum absolute atomic E-state index is 12.2. The molecule has 0 aliphatic carbocycles. The van der Waals surface area contributed by atoms with Gasteiger partial charge in [-0.05, 0) is 26.3 Å². The van der Waals surface area contributed by atoms with E-state index in [1.54, 1.807) is 6.92 Å². The van der Waals surface area contributed by atoms with E-state index in [0.717, 1.165) is 17.4 Å². The maximum Gasteiger partial charge on any atom is 0.351 e. The first-order valence-corrected chi connectivity index (χ1v) is 9.71. The van der Waals surface area contributed by atoms with E-state index in [1.807, 2.05) is 0 Å². The molecule has 8 N–H and O–H groups in total. The van der Waals surface area contributed by atoms with Crippen molar-refractivity contribution in [2.45, 2.75) is 63.3 Å². The fourth-order valence-electron chi connectivity index (χ4n) is 3.14. The molecule has 1 aromatic heterocycles. The minimum Gasteiger partial charge on any atom is -0.387 e. The fraction of sp³-hybridized carbons (Fsp3) is 0.722. The molecule has 1 fully saturated rings. The van der Waals surface area contributed by atoms with Gasteiger partial charge in [-0.3, -0.25) is 9.36 Å². The summed E-state index contributed by atoms with van der Waals surface area (Å²) < 4.78 is 12.3. The van der Waals surface area contributed by atoms with Crippen LogP contribution in [0, 0.1) is 6.92 Å². The van der Waals surface area contributed by atoms with E-state index in [0.29, 0.717) is 24.9 Å². The molecule has 2 rings (SSSR count). The predicted molar refractivity (Wildman–Crippen MR) is 105 cm³/mol. The van der Waals surface area contributed by atoms with E-state index < -0.39 is 36.3 Å². The zero-order valence-corrected chi connectivity index (χ0v) is 16.6. The summed E-state index contributed by atoms with van der Waals surface area (Å²) in [6.45, 7) is 2.06. The Morgan fingerprint density at radius 1 is 1.31 bits per heavy atom. The Hall–Kier alpha value is -1.89. The number of nitrogens with zero attached hydrogens (tertiary/aromatic N) is 2. The van der Waals surface area contributed by atoms with Crippen LogP contribution in [0.2, 0.25) is 0 Å². The van der Waals surface area contributed by atoms with Crippen molar-refractivity contribution in [2.24, 2.45) is 11.5 Å². The number of unbranched alkanes of at least 4 members (excludes halogenated alkanes) is 2. The zero-order chi connectivity index (χ0) is 21.6. The Morgan fingerprint density at radius 2 is 2.03 bits per heavy atom. The number of ether oxygens (including phenoxy) is 2. The number of carbonyl (C=O) groups is 1. The molecule has 1 aliphatic rings.